The molecule has 1 aromatic rings. The van der Waals surface area contributed by atoms with E-state index in [9.17, 15) is 0 Å². The smallest absolute Gasteiger partial charge is 0.106 e. The van der Waals surface area contributed by atoms with Crippen LogP contribution in [0, 0.1) is 5.41 Å². The Morgan fingerprint density at radius 3 is 2.78 bits per heavy atom. The Morgan fingerprint density at radius 2 is 2.22 bits per heavy atom. The molecule has 1 aliphatic rings. The fraction of sp³-hybridized carbons (Fsp3) is 0.500. The summed E-state index contributed by atoms with van der Waals surface area (Å²) in [5, 5.41) is 4.15. The second-order valence-electron chi connectivity index (χ2n) is 5.16. The number of benzene rings is 1. The first-order valence-electron chi connectivity index (χ1n) is 6.39. The third-order valence-corrected chi connectivity index (χ3v) is 4.09. The lowest BCUT2D eigenvalue weighted by molar-refractivity contribution is 0.486. The molecule has 1 saturated carbocycles. The normalized spacial score (nSPS) is 16.3. The summed E-state index contributed by atoms with van der Waals surface area (Å²) in [6.45, 7) is 3.24. The highest BCUT2D eigenvalue weighted by atomic mass is 35.5. The molecule has 0 unspecified atom stereocenters. The molecule has 0 heterocycles. The van der Waals surface area contributed by atoms with Crippen molar-refractivity contribution in [3.8, 4) is 0 Å². The molecular weight excluding hydrogens is 264 g/mol. The van der Waals surface area contributed by atoms with Gasteiger partial charge in [-0.25, -0.2) is 0 Å². The molecule has 1 aliphatic carbocycles. The van der Waals surface area contributed by atoms with Crippen LogP contribution in [0.15, 0.2) is 18.2 Å². The lowest BCUT2D eigenvalue weighted by atomic mass is 10.0. The van der Waals surface area contributed by atoms with Crippen molar-refractivity contribution in [2.24, 2.45) is 11.1 Å². The number of anilines is 1. The number of nitrogens with two attached hydrogens (primary N) is 1. The third kappa shape index (κ3) is 3.15. The van der Waals surface area contributed by atoms with Crippen LogP contribution in [-0.4, -0.2) is 11.5 Å². The fourth-order valence-corrected chi connectivity index (χ4v) is 2.72. The van der Waals surface area contributed by atoms with Crippen LogP contribution in [0.25, 0.3) is 0 Å². The lowest BCUT2D eigenvalue weighted by Gasteiger charge is -2.18. The van der Waals surface area contributed by atoms with Crippen LogP contribution in [-0.2, 0) is 0 Å². The molecule has 98 valence electrons. The van der Waals surface area contributed by atoms with Crippen LogP contribution in [0.4, 0.5) is 5.69 Å². The Bertz CT molecular complexity index is 455. The van der Waals surface area contributed by atoms with Crippen molar-refractivity contribution in [3.05, 3.63) is 28.8 Å². The molecule has 0 aliphatic heterocycles. The van der Waals surface area contributed by atoms with Gasteiger partial charge < -0.3 is 11.1 Å². The Balaban J connectivity index is 2.07. The number of nitrogens with one attached hydrogen (secondary N) is 1. The highest BCUT2D eigenvalue weighted by Gasteiger charge is 2.41. The molecule has 18 heavy (non-hydrogen) atoms. The summed E-state index contributed by atoms with van der Waals surface area (Å²) in [6, 6.07) is 5.65. The van der Waals surface area contributed by atoms with Gasteiger partial charge in [-0.3, -0.25) is 0 Å². The maximum Gasteiger partial charge on any atom is 0.106 e. The van der Waals surface area contributed by atoms with Crippen LogP contribution in [0.2, 0.25) is 5.02 Å². The Kier molecular flexibility index (Phi) is 4.13. The van der Waals surface area contributed by atoms with Gasteiger partial charge in [0, 0.05) is 22.8 Å². The highest BCUT2D eigenvalue weighted by Crippen LogP contribution is 2.49. The summed E-state index contributed by atoms with van der Waals surface area (Å²) >= 11 is 11.0. The van der Waals surface area contributed by atoms with E-state index in [1.54, 1.807) is 0 Å². The van der Waals surface area contributed by atoms with Crippen molar-refractivity contribution in [1.82, 2.24) is 0 Å². The third-order valence-electron chi connectivity index (χ3n) is 3.64. The van der Waals surface area contributed by atoms with Crippen molar-refractivity contribution < 1.29 is 0 Å². The molecule has 1 fully saturated rings. The predicted octanol–water partition coefficient (Wildman–Crippen LogP) is 3.97. The molecule has 2 nitrogen and oxygen atoms in total. The van der Waals surface area contributed by atoms with Crippen LogP contribution in [0.3, 0.4) is 0 Å². The number of hydrogen-bond donors (Lipinski definition) is 2. The van der Waals surface area contributed by atoms with E-state index in [4.69, 9.17) is 29.6 Å². The first kappa shape index (κ1) is 13.6. The molecule has 3 N–H and O–H groups in total. The molecule has 0 spiro atoms. The van der Waals surface area contributed by atoms with Gasteiger partial charge in [0.15, 0.2) is 0 Å². The van der Waals surface area contributed by atoms with E-state index in [0.717, 1.165) is 17.8 Å². The Hall–Kier alpha value is -0.800. The maximum atomic E-state index is 5.97. The van der Waals surface area contributed by atoms with Gasteiger partial charge in [0.05, 0.1) is 0 Å². The van der Waals surface area contributed by atoms with E-state index in [1.165, 1.54) is 25.7 Å². The number of rotatable bonds is 6. The molecule has 4 heteroatoms. The Morgan fingerprint density at radius 1 is 1.50 bits per heavy atom. The van der Waals surface area contributed by atoms with Crippen LogP contribution >= 0.6 is 23.8 Å². The average Bonchev–Trinajstić information content (AvgIpc) is 3.08. The topological polar surface area (TPSA) is 38.0 Å². The molecule has 0 saturated heterocycles. The maximum absolute atomic E-state index is 5.97. The minimum atomic E-state index is 0.389. The summed E-state index contributed by atoms with van der Waals surface area (Å²) in [5.74, 6) is 0. The summed E-state index contributed by atoms with van der Waals surface area (Å²) in [5.41, 5.74) is 8.06. The molecule has 0 amide bonds. The van der Waals surface area contributed by atoms with Crippen LogP contribution in [0.5, 0.6) is 0 Å². The summed E-state index contributed by atoms with van der Waals surface area (Å²) in [7, 11) is 0. The molecule has 2 rings (SSSR count). The SMILES string of the molecule is CCCC1(CNc2ccc(Cl)cc2C(N)=S)CC1. The first-order valence-corrected chi connectivity index (χ1v) is 7.18. The minimum absolute atomic E-state index is 0.389. The summed E-state index contributed by atoms with van der Waals surface area (Å²) in [4.78, 5) is 0.389. The van der Waals surface area contributed by atoms with Crippen molar-refractivity contribution in [2.45, 2.75) is 32.6 Å². The van der Waals surface area contributed by atoms with E-state index in [-0.39, 0.29) is 0 Å². The van der Waals surface area contributed by atoms with Crippen LogP contribution in [0.1, 0.15) is 38.2 Å². The van der Waals surface area contributed by atoms with Crippen molar-refractivity contribution >= 4 is 34.5 Å². The molecule has 1 aromatic carbocycles. The second kappa shape index (κ2) is 5.45. The monoisotopic (exact) mass is 282 g/mol. The summed E-state index contributed by atoms with van der Waals surface area (Å²) < 4.78 is 0. The predicted molar refractivity (Wildman–Crippen MR) is 82.4 cm³/mol. The molecule has 0 bridgehead atoms. The zero-order valence-electron chi connectivity index (χ0n) is 10.6. The second-order valence-corrected chi connectivity index (χ2v) is 6.03. The number of thiocarbonyl (C=S) groups is 1. The fourth-order valence-electron chi connectivity index (χ4n) is 2.38. The van der Waals surface area contributed by atoms with Crippen molar-refractivity contribution in [1.29, 1.82) is 0 Å². The zero-order valence-corrected chi connectivity index (χ0v) is 12.2. The van der Waals surface area contributed by atoms with Gasteiger partial charge in [-0.15, -0.1) is 0 Å². The average molecular weight is 283 g/mol. The lowest BCUT2D eigenvalue weighted by Crippen LogP contribution is -2.18. The molecular formula is C14H19ClN2S. The van der Waals surface area contributed by atoms with Gasteiger partial charge in [0.2, 0.25) is 0 Å². The minimum Gasteiger partial charge on any atom is -0.389 e. The van der Waals surface area contributed by atoms with Gasteiger partial charge in [0.1, 0.15) is 4.99 Å². The van der Waals surface area contributed by atoms with Crippen molar-refractivity contribution in [3.63, 3.8) is 0 Å². The molecule has 0 aromatic heterocycles. The first-order chi connectivity index (χ1) is 8.56. The van der Waals surface area contributed by atoms with Crippen molar-refractivity contribution in [2.75, 3.05) is 11.9 Å². The van der Waals surface area contributed by atoms with Gasteiger partial charge >= 0.3 is 0 Å². The highest BCUT2D eigenvalue weighted by molar-refractivity contribution is 7.80. The van der Waals surface area contributed by atoms with Crippen LogP contribution < -0.4 is 11.1 Å². The van der Waals surface area contributed by atoms with Gasteiger partial charge in [-0.2, -0.15) is 0 Å². The van der Waals surface area contributed by atoms with E-state index < -0.39 is 0 Å². The number of hydrogen-bond acceptors (Lipinski definition) is 2. The quantitative estimate of drug-likeness (QED) is 0.776. The van der Waals surface area contributed by atoms with Gasteiger partial charge in [-0.1, -0.05) is 37.2 Å². The molecule has 0 atom stereocenters. The standard InChI is InChI=1S/C14H19ClN2S/c1-2-5-14(6-7-14)9-17-12-4-3-10(15)8-11(12)13(16)18/h3-4,8,17H,2,5-7,9H2,1H3,(H2,16,18). The van der Waals surface area contributed by atoms with E-state index >= 15 is 0 Å². The van der Waals surface area contributed by atoms with E-state index in [1.807, 2.05) is 18.2 Å². The Labute approximate surface area is 119 Å². The van der Waals surface area contributed by atoms with E-state index in [2.05, 4.69) is 12.2 Å². The zero-order chi connectivity index (χ0) is 13.2. The molecule has 0 radical (unpaired) electrons. The van der Waals surface area contributed by atoms with Gasteiger partial charge in [-0.05, 0) is 42.9 Å². The van der Waals surface area contributed by atoms with E-state index in [0.29, 0.717) is 15.4 Å². The largest absolute Gasteiger partial charge is 0.389 e. The van der Waals surface area contributed by atoms with Gasteiger partial charge in [0.25, 0.3) is 0 Å². The number of halogens is 1. The summed E-state index contributed by atoms with van der Waals surface area (Å²) in [6.07, 6.45) is 5.17.